The summed E-state index contributed by atoms with van der Waals surface area (Å²) >= 11 is 0. The van der Waals surface area contributed by atoms with E-state index in [1.807, 2.05) is 42.5 Å². The molecule has 0 heterocycles. The minimum absolute atomic E-state index is 0.0384. The number of hydrogen-bond donors (Lipinski definition) is 1. The van der Waals surface area contributed by atoms with Gasteiger partial charge in [0.2, 0.25) is 5.91 Å². The number of hydrogen-bond acceptors (Lipinski definition) is 2. The predicted molar refractivity (Wildman–Crippen MR) is 78.1 cm³/mol. The SMILES string of the molecule is C[S@](=O)C[C@H](NC(=O)C1CC=CC1)c1ccccc1. The van der Waals surface area contributed by atoms with Crippen molar-refractivity contribution in [2.24, 2.45) is 5.92 Å². The highest BCUT2D eigenvalue weighted by molar-refractivity contribution is 7.84. The zero-order valence-electron chi connectivity index (χ0n) is 11.0. The molecule has 1 aliphatic rings. The molecule has 0 saturated carbocycles. The van der Waals surface area contributed by atoms with Crippen LogP contribution in [-0.2, 0) is 15.6 Å². The molecular formula is C15H19NO2S. The van der Waals surface area contributed by atoms with Gasteiger partial charge < -0.3 is 5.32 Å². The monoisotopic (exact) mass is 277 g/mol. The van der Waals surface area contributed by atoms with Crippen molar-refractivity contribution in [3.63, 3.8) is 0 Å². The first-order chi connectivity index (χ1) is 9.16. The maximum atomic E-state index is 12.2. The highest BCUT2D eigenvalue weighted by Gasteiger charge is 2.23. The van der Waals surface area contributed by atoms with Crippen molar-refractivity contribution < 1.29 is 9.00 Å². The molecule has 4 heteroatoms. The van der Waals surface area contributed by atoms with E-state index < -0.39 is 10.8 Å². The van der Waals surface area contributed by atoms with Crippen molar-refractivity contribution in [1.82, 2.24) is 5.32 Å². The Labute approximate surface area is 116 Å². The van der Waals surface area contributed by atoms with Gasteiger partial charge in [-0.1, -0.05) is 42.5 Å². The van der Waals surface area contributed by atoms with Crippen LogP contribution in [0.15, 0.2) is 42.5 Å². The molecule has 0 unspecified atom stereocenters. The van der Waals surface area contributed by atoms with Crippen LogP contribution in [0.4, 0.5) is 0 Å². The van der Waals surface area contributed by atoms with Crippen LogP contribution in [0.5, 0.6) is 0 Å². The topological polar surface area (TPSA) is 46.2 Å². The molecule has 2 rings (SSSR count). The van der Waals surface area contributed by atoms with E-state index in [0.717, 1.165) is 18.4 Å². The minimum atomic E-state index is -0.944. The number of rotatable bonds is 5. The molecule has 0 fully saturated rings. The van der Waals surface area contributed by atoms with E-state index in [0.29, 0.717) is 5.75 Å². The lowest BCUT2D eigenvalue weighted by Crippen LogP contribution is -2.35. The molecule has 0 radical (unpaired) electrons. The molecule has 0 spiro atoms. The van der Waals surface area contributed by atoms with Crippen LogP contribution in [0.2, 0.25) is 0 Å². The normalized spacial score (nSPS) is 18.2. The van der Waals surface area contributed by atoms with Crippen LogP contribution in [0.3, 0.4) is 0 Å². The molecule has 2 atom stereocenters. The lowest BCUT2D eigenvalue weighted by atomic mass is 10.0. The summed E-state index contributed by atoms with van der Waals surface area (Å²) in [6.45, 7) is 0. The second kappa shape index (κ2) is 6.66. The highest BCUT2D eigenvalue weighted by atomic mass is 32.2. The summed E-state index contributed by atoms with van der Waals surface area (Å²) < 4.78 is 11.5. The van der Waals surface area contributed by atoms with Gasteiger partial charge in [0.05, 0.1) is 6.04 Å². The first-order valence-electron chi connectivity index (χ1n) is 6.47. The molecular weight excluding hydrogens is 258 g/mol. The molecule has 1 aromatic rings. The van der Waals surface area contributed by atoms with Gasteiger partial charge in [0.25, 0.3) is 0 Å². The standard InChI is InChI=1S/C15H19NO2S/c1-19(18)11-14(12-7-3-2-4-8-12)16-15(17)13-9-5-6-10-13/h2-8,13-14H,9-11H2,1H3,(H,16,17)/t14-,19-/m0/s1. The van der Waals surface area contributed by atoms with E-state index in [4.69, 9.17) is 0 Å². The van der Waals surface area contributed by atoms with Crippen LogP contribution in [0.1, 0.15) is 24.4 Å². The summed E-state index contributed by atoms with van der Waals surface area (Å²) in [5.41, 5.74) is 1.01. The Bertz CT molecular complexity index is 476. The summed E-state index contributed by atoms with van der Waals surface area (Å²) in [6.07, 6.45) is 7.36. The summed E-state index contributed by atoms with van der Waals surface area (Å²) in [4.78, 5) is 12.2. The van der Waals surface area contributed by atoms with E-state index in [-0.39, 0.29) is 17.9 Å². The molecule has 19 heavy (non-hydrogen) atoms. The lowest BCUT2D eigenvalue weighted by molar-refractivity contribution is -0.125. The smallest absolute Gasteiger partial charge is 0.224 e. The van der Waals surface area contributed by atoms with Gasteiger partial charge >= 0.3 is 0 Å². The molecule has 102 valence electrons. The molecule has 0 bridgehead atoms. The van der Waals surface area contributed by atoms with E-state index in [2.05, 4.69) is 5.32 Å². The molecule has 0 aliphatic heterocycles. The van der Waals surface area contributed by atoms with Gasteiger partial charge in [-0.05, 0) is 18.4 Å². The van der Waals surface area contributed by atoms with Crippen LogP contribution >= 0.6 is 0 Å². The zero-order chi connectivity index (χ0) is 13.7. The van der Waals surface area contributed by atoms with E-state index in [1.54, 1.807) is 6.26 Å². The Balaban J connectivity index is 2.05. The van der Waals surface area contributed by atoms with Crippen LogP contribution in [0, 0.1) is 5.92 Å². The summed E-state index contributed by atoms with van der Waals surface area (Å²) in [5.74, 6) is 0.552. The average Bonchev–Trinajstić information content (AvgIpc) is 2.92. The van der Waals surface area contributed by atoms with Gasteiger partial charge in [0, 0.05) is 28.7 Å². The summed E-state index contributed by atoms with van der Waals surface area (Å²) in [5, 5.41) is 3.03. The lowest BCUT2D eigenvalue weighted by Gasteiger charge is -2.20. The second-order valence-corrected chi connectivity index (χ2v) is 6.33. The van der Waals surface area contributed by atoms with Crippen LogP contribution in [-0.4, -0.2) is 22.1 Å². The largest absolute Gasteiger partial charge is 0.348 e. The number of carbonyl (C=O) groups excluding carboxylic acids is 1. The quantitative estimate of drug-likeness (QED) is 0.839. The Hall–Kier alpha value is -1.42. The fourth-order valence-electron chi connectivity index (χ4n) is 2.26. The first kappa shape index (κ1) is 14.0. The van der Waals surface area contributed by atoms with Gasteiger partial charge in [-0.25, -0.2) is 0 Å². The average molecular weight is 277 g/mol. The Morgan fingerprint density at radius 3 is 2.53 bits per heavy atom. The number of allylic oxidation sites excluding steroid dienone is 2. The fraction of sp³-hybridized carbons (Fsp3) is 0.400. The van der Waals surface area contributed by atoms with Gasteiger partial charge in [-0.15, -0.1) is 0 Å². The van der Waals surface area contributed by atoms with Crippen molar-refractivity contribution in [3.05, 3.63) is 48.0 Å². The van der Waals surface area contributed by atoms with Crippen molar-refractivity contribution in [2.45, 2.75) is 18.9 Å². The van der Waals surface area contributed by atoms with Gasteiger partial charge in [0.1, 0.15) is 0 Å². The Morgan fingerprint density at radius 1 is 1.32 bits per heavy atom. The fourth-order valence-corrected chi connectivity index (χ4v) is 3.01. The van der Waals surface area contributed by atoms with E-state index >= 15 is 0 Å². The maximum Gasteiger partial charge on any atom is 0.224 e. The van der Waals surface area contributed by atoms with E-state index in [1.165, 1.54) is 0 Å². The van der Waals surface area contributed by atoms with Gasteiger partial charge in [-0.3, -0.25) is 9.00 Å². The molecule has 3 nitrogen and oxygen atoms in total. The second-order valence-electron chi connectivity index (χ2n) is 4.85. The third-order valence-electron chi connectivity index (χ3n) is 3.30. The predicted octanol–water partition coefficient (Wildman–Crippen LogP) is 2.19. The van der Waals surface area contributed by atoms with Gasteiger partial charge in [-0.2, -0.15) is 0 Å². The number of nitrogens with one attached hydrogen (secondary N) is 1. The number of amides is 1. The van der Waals surface area contributed by atoms with Crippen LogP contribution in [0.25, 0.3) is 0 Å². The van der Waals surface area contributed by atoms with Crippen LogP contribution < -0.4 is 5.32 Å². The highest BCUT2D eigenvalue weighted by Crippen LogP contribution is 2.20. The zero-order valence-corrected chi connectivity index (χ0v) is 11.9. The molecule has 1 aliphatic carbocycles. The number of benzene rings is 1. The first-order valence-corrected chi connectivity index (χ1v) is 8.20. The van der Waals surface area contributed by atoms with Crippen molar-refractivity contribution in [1.29, 1.82) is 0 Å². The Kier molecular flexibility index (Phi) is 4.91. The third kappa shape index (κ3) is 4.03. The van der Waals surface area contributed by atoms with Crippen molar-refractivity contribution >= 4 is 16.7 Å². The molecule has 1 N–H and O–H groups in total. The third-order valence-corrected chi connectivity index (χ3v) is 4.10. The number of carbonyl (C=O) groups is 1. The molecule has 0 saturated heterocycles. The molecule has 1 amide bonds. The molecule has 0 aromatic heterocycles. The van der Waals surface area contributed by atoms with E-state index in [9.17, 15) is 9.00 Å². The van der Waals surface area contributed by atoms with Crippen molar-refractivity contribution in [2.75, 3.05) is 12.0 Å². The summed E-state index contributed by atoms with van der Waals surface area (Å²) in [7, 11) is -0.944. The minimum Gasteiger partial charge on any atom is -0.348 e. The van der Waals surface area contributed by atoms with Crippen molar-refractivity contribution in [3.8, 4) is 0 Å². The molecule has 1 aromatic carbocycles. The maximum absolute atomic E-state index is 12.2. The summed E-state index contributed by atoms with van der Waals surface area (Å²) in [6, 6.07) is 9.57. The Morgan fingerprint density at radius 2 is 1.95 bits per heavy atom. The van der Waals surface area contributed by atoms with Gasteiger partial charge in [0.15, 0.2) is 0 Å².